The number of piperidine rings is 1. The van der Waals surface area contributed by atoms with Gasteiger partial charge in [0.15, 0.2) is 0 Å². The van der Waals surface area contributed by atoms with Gasteiger partial charge in [0, 0.05) is 5.56 Å². The van der Waals surface area contributed by atoms with Gasteiger partial charge in [0.25, 0.3) is 0 Å². The molecule has 0 amide bonds. The highest BCUT2D eigenvalue weighted by Crippen LogP contribution is 2.26. The summed E-state index contributed by atoms with van der Waals surface area (Å²) in [5.41, 5.74) is 0.223. The zero-order valence-corrected chi connectivity index (χ0v) is 10.5. The molecular formula is C12H14BrF2N. The second-order valence-corrected chi connectivity index (χ2v) is 5.07. The quantitative estimate of drug-likeness (QED) is 0.824. The SMILES string of the molecule is Fc1ccc(Br)c(F)c1CC1CCNCC1. The maximum absolute atomic E-state index is 13.7. The zero-order chi connectivity index (χ0) is 11.5. The molecule has 1 saturated heterocycles. The monoisotopic (exact) mass is 289 g/mol. The molecule has 0 atom stereocenters. The summed E-state index contributed by atoms with van der Waals surface area (Å²) >= 11 is 3.09. The molecule has 1 aliphatic rings. The molecule has 0 bridgehead atoms. The van der Waals surface area contributed by atoms with Crippen molar-refractivity contribution in [1.29, 1.82) is 0 Å². The van der Waals surface area contributed by atoms with Crippen molar-refractivity contribution in [1.82, 2.24) is 5.32 Å². The van der Waals surface area contributed by atoms with E-state index in [9.17, 15) is 8.78 Å². The largest absolute Gasteiger partial charge is 0.317 e. The van der Waals surface area contributed by atoms with Gasteiger partial charge in [0.2, 0.25) is 0 Å². The van der Waals surface area contributed by atoms with Crippen LogP contribution in [-0.4, -0.2) is 13.1 Å². The van der Waals surface area contributed by atoms with Gasteiger partial charge in [0.05, 0.1) is 4.47 Å². The summed E-state index contributed by atoms with van der Waals surface area (Å²) < 4.78 is 27.6. The fourth-order valence-electron chi connectivity index (χ4n) is 2.13. The summed E-state index contributed by atoms with van der Waals surface area (Å²) in [6.45, 7) is 1.89. The Morgan fingerprint density at radius 2 is 1.94 bits per heavy atom. The molecule has 2 rings (SSSR count). The second kappa shape index (κ2) is 5.23. The van der Waals surface area contributed by atoms with Crippen molar-refractivity contribution in [2.45, 2.75) is 19.3 Å². The third kappa shape index (κ3) is 2.61. The van der Waals surface area contributed by atoms with Crippen molar-refractivity contribution < 1.29 is 8.78 Å². The normalized spacial score (nSPS) is 17.7. The fourth-order valence-corrected chi connectivity index (χ4v) is 2.50. The standard InChI is InChI=1S/C12H14BrF2N/c13-10-1-2-11(14)9(12(10)15)7-8-3-5-16-6-4-8/h1-2,8,16H,3-7H2. The van der Waals surface area contributed by atoms with Crippen molar-refractivity contribution in [2.75, 3.05) is 13.1 Å². The van der Waals surface area contributed by atoms with Crippen LogP contribution in [0.1, 0.15) is 18.4 Å². The maximum Gasteiger partial charge on any atom is 0.143 e. The van der Waals surface area contributed by atoms with Gasteiger partial charge >= 0.3 is 0 Å². The van der Waals surface area contributed by atoms with Crippen LogP contribution in [-0.2, 0) is 6.42 Å². The van der Waals surface area contributed by atoms with E-state index in [2.05, 4.69) is 21.2 Å². The number of hydrogen-bond acceptors (Lipinski definition) is 1. The van der Waals surface area contributed by atoms with Crippen LogP contribution < -0.4 is 5.32 Å². The summed E-state index contributed by atoms with van der Waals surface area (Å²) in [7, 11) is 0. The van der Waals surface area contributed by atoms with Crippen LogP contribution in [0.5, 0.6) is 0 Å². The van der Waals surface area contributed by atoms with Gasteiger partial charge in [-0.05, 0) is 66.3 Å². The first-order chi connectivity index (χ1) is 7.68. The highest BCUT2D eigenvalue weighted by molar-refractivity contribution is 9.10. The molecule has 1 aromatic rings. The van der Waals surface area contributed by atoms with Crippen LogP contribution >= 0.6 is 15.9 Å². The van der Waals surface area contributed by atoms with Gasteiger partial charge in [-0.2, -0.15) is 0 Å². The number of rotatable bonds is 2. The van der Waals surface area contributed by atoms with E-state index >= 15 is 0 Å². The number of benzene rings is 1. The van der Waals surface area contributed by atoms with Crippen LogP contribution in [0.4, 0.5) is 8.78 Å². The van der Waals surface area contributed by atoms with E-state index < -0.39 is 11.6 Å². The first-order valence-electron chi connectivity index (χ1n) is 5.51. The summed E-state index contributed by atoms with van der Waals surface area (Å²) in [4.78, 5) is 0. The molecule has 0 radical (unpaired) electrons. The minimum Gasteiger partial charge on any atom is -0.317 e. The van der Waals surface area contributed by atoms with Crippen molar-refractivity contribution in [2.24, 2.45) is 5.92 Å². The third-order valence-corrected chi connectivity index (χ3v) is 3.70. The number of hydrogen-bond donors (Lipinski definition) is 1. The Morgan fingerprint density at radius 3 is 2.62 bits per heavy atom. The maximum atomic E-state index is 13.7. The van der Waals surface area contributed by atoms with Crippen LogP contribution in [0.3, 0.4) is 0 Å². The molecule has 4 heteroatoms. The zero-order valence-electron chi connectivity index (χ0n) is 8.90. The molecule has 1 heterocycles. The Labute approximate surface area is 102 Å². The molecular weight excluding hydrogens is 276 g/mol. The van der Waals surface area contributed by atoms with Crippen LogP contribution in [0.15, 0.2) is 16.6 Å². The average Bonchev–Trinajstić information content (AvgIpc) is 2.31. The lowest BCUT2D eigenvalue weighted by atomic mass is 9.90. The summed E-state index contributed by atoms with van der Waals surface area (Å²) in [6, 6.07) is 2.74. The molecule has 0 unspecified atom stereocenters. The van der Waals surface area contributed by atoms with Crippen LogP contribution in [0.2, 0.25) is 0 Å². The van der Waals surface area contributed by atoms with Gasteiger partial charge in [-0.1, -0.05) is 0 Å². The average molecular weight is 290 g/mol. The van der Waals surface area contributed by atoms with Gasteiger partial charge in [0.1, 0.15) is 11.6 Å². The fraction of sp³-hybridized carbons (Fsp3) is 0.500. The molecule has 1 fully saturated rings. The smallest absolute Gasteiger partial charge is 0.143 e. The minimum absolute atomic E-state index is 0.223. The van der Waals surface area contributed by atoms with E-state index in [1.807, 2.05) is 0 Å². The first kappa shape index (κ1) is 12.0. The molecule has 1 aliphatic heterocycles. The van der Waals surface area contributed by atoms with Crippen molar-refractivity contribution >= 4 is 15.9 Å². The molecule has 1 aromatic carbocycles. The van der Waals surface area contributed by atoms with Gasteiger partial charge in [-0.3, -0.25) is 0 Å². The van der Waals surface area contributed by atoms with Crippen LogP contribution in [0.25, 0.3) is 0 Å². The molecule has 1 nitrogen and oxygen atoms in total. The van der Waals surface area contributed by atoms with Gasteiger partial charge < -0.3 is 5.32 Å². The van der Waals surface area contributed by atoms with E-state index in [0.717, 1.165) is 25.9 Å². The second-order valence-electron chi connectivity index (χ2n) is 4.22. The van der Waals surface area contributed by atoms with Crippen molar-refractivity contribution in [3.8, 4) is 0 Å². The van der Waals surface area contributed by atoms with E-state index in [1.165, 1.54) is 12.1 Å². The van der Waals surface area contributed by atoms with Gasteiger partial charge in [-0.15, -0.1) is 0 Å². The Hall–Kier alpha value is -0.480. The Kier molecular flexibility index (Phi) is 3.92. The minimum atomic E-state index is -0.446. The highest BCUT2D eigenvalue weighted by Gasteiger charge is 2.19. The summed E-state index contributed by atoms with van der Waals surface area (Å²) in [5, 5.41) is 3.24. The highest BCUT2D eigenvalue weighted by atomic mass is 79.9. The van der Waals surface area contributed by atoms with E-state index in [-0.39, 0.29) is 5.56 Å². The molecule has 0 aliphatic carbocycles. The molecule has 0 spiro atoms. The lowest BCUT2D eigenvalue weighted by molar-refractivity contribution is 0.363. The lowest BCUT2D eigenvalue weighted by Crippen LogP contribution is -2.29. The predicted octanol–water partition coefficient (Wildman–Crippen LogP) is 3.27. The molecule has 88 valence electrons. The van der Waals surface area contributed by atoms with E-state index in [4.69, 9.17) is 0 Å². The van der Waals surface area contributed by atoms with Crippen LogP contribution in [0, 0.1) is 17.6 Å². The first-order valence-corrected chi connectivity index (χ1v) is 6.31. The molecule has 0 saturated carbocycles. The molecule has 1 N–H and O–H groups in total. The van der Waals surface area contributed by atoms with E-state index in [0.29, 0.717) is 16.8 Å². The predicted molar refractivity (Wildman–Crippen MR) is 63.4 cm³/mol. The Morgan fingerprint density at radius 1 is 1.25 bits per heavy atom. The van der Waals surface area contributed by atoms with Gasteiger partial charge in [-0.25, -0.2) is 8.78 Å². The molecule has 0 aromatic heterocycles. The summed E-state index contributed by atoms with van der Waals surface area (Å²) in [6.07, 6.45) is 2.48. The Bertz CT molecular complexity index is 376. The van der Waals surface area contributed by atoms with E-state index in [1.54, 1.807) is 0 Å². The summed E-state index contributed by atoms with van der Waals surface area (Å²) in [5.74, 6) is -0.489. The van der Waals surface area contributed by atoms with Crippen molar-refractivity contribution in [3.05, 3.63) is 33.8 Å². The lowest BCUT2D eigenvalue weighted by Gasteiger charge is -2.23. The third-order valence-electron chi connectivity index (χ3n) is 3.09. The number of nitrogens with one attached hydrogen (secondary N) is 1. The van der Waals surface area contributed by atoms with Crippen molar-refractivity contribution in [3.63, 3.8) is 0 Å². The number of halogens is 3. The Balaban J connectivity index is 2.16. The topological polar surface area (TPSA) is 12.0 Å². The molecule has 16 heavy (non-hydrogen) atoms.